The lowest BCUT2D eigenvalue weighted by atomic mass is 10.0. The number of benzene rings is 1. The lowest BCUT2D eigenvalue weighted by molar-refractivity contribution is 0.0697. The van der Waals surface area contributed by atoms with E-state index in [0.29, 0.717) is 5.56 Å². The number of carboxylic acid groups (broad SMARTS) is 1. The SMILES string of the molecule is Cc1nc2ccc(C(=O)O)cc2n1CC(C)(C)N(C)C. The van der Waals surface area contributed by atoms with Crippen molar-refractivity contribution >= 4 is 17.0 Å². The van der Waals surface area contributed by atoms with E-state index in [1.54, 1.807) is 18.2 Å². The molecule has 20 heavy (non-hydrogen) atoms. The van der Waals surface area contributed by atoms with Crippen LogP contribution < -0.4 is 0 Å². The zero-order valence-electron chi connectivity index (χ0n) is 12.6. The van der Waals surface area contributed by atoms with Crippen LogP contribution in [0.4, 0.5) is 0 Å². The van der Waals surface area contributed by atoms with Gasteiger partial charge in [0.2, 0.25) is 0 Å². The van der Waals surface area contributed by atoms with E-state index in [4.69, 9.17) is 5.11 Å². The van der Waals surface area contributed by atoms with Crippen LogP contribution in [0.2, 0.25) is 0 Å². The number of imidazole rings is 1. The summed E-state index contributed by atoms with van der Waals surface area (Å²) in [6.07, 6.45) is 0. The molecule has 1 N–H and O–H groups in total. The van der Waals surface area contributed by atoms with Crippen molar-refractivity contribution in [2.24, 2.45) is 0 Å². The summed E-state index contributed by atoms with van der Waals surface area (Å²) in [5, 5.41) is 9.12. The number of nitrogens with zero attached hydrogens (tertiary/aromatic N) is 3. The average molecular weight is 275 g/mol. The van der Waals surface area contributed by atoms with Gasteiger partial charge in [-0.25, -0.2) is 9.78 Å². The molecule has 1 heterocycles. The summed E-state index contributed by atoms with van der Waals surface area (Å²) in [4.78, 5) is 17.8. The molecule has 0 atom stereocenters. The highest BCUT2D eigenvalue weighted by atomic mass is 16.4. The molecular weight excluding hydrogens is 254 g/mol. The zero-order valence-corrected chi connectivity index (χ0v) is 12.6. The maximum absolute atomic E-state index is 11.1. The molecule has 0 aliphatic carbocycles. The first-order chi connectivity index (χ1) is 9.22. The highest BCUT2D eigenvalue weighted by molar-refractivity contribution is 5.92. The lowest BCUT2D eigenvalue weighted by Gasteiger charge is -2.33. The summed E-state index contributed by atoms with van der Waals surface area (Å²) in [5.41, 5.74) is 1.96. The van der Waals surface area contributed by atoms with Gasteiger partial charge in [0.05, 0.1) is 16.6 Å². The fraction of sp³-hybridized carbons (Fsp3) is 0.467. The van der Waals surface area contributed by atoms with Crippen LogP contribution in [0, 0.1) is 6.92 Å². The van der Waals surface area contributed by atoms with Gasteiger partial charge in [0, 0.05) is 12.1 Å². The molecule has 2 aromatic rings. The Morgan fingerprint density at radius 1 is 1.40 bits per heavy atom. The highest BCUT2D eigenvalue weighted by Gasteiger charge is 2.23. The number of aromatic nitrogens is 2. The normalized spacial score (nSPS) is 12.3. The van der Waals surface area contributed by atoms with E-state index >= 15 is 0 Å². The van der Waals surface area contributed by atoms with Crippen molar-refractivity contribution in [3.63, 3.8) is 0 Å². The van der Waals surface area contributed by atoms with E-state index < -0.39 is 5.97 Å². The molecule has 2 rings (SSSR count). The summed E-state index contributed by atoms with van der Waals surface area (Å²) >= 11 is 0. The summed E-state index contributed by atoms with van der Waals surface area (Å²) in [7, 11) is 4.08. The Hall–Kier alpha value is -1.88. The number of hydrogen-bond donors (Lipinski definition) is 1. The second-order valence-corrected chi connectivity index (χ2v) is 5.96. The summed E-state index contributed by atoms with van der Waals surface area (Å²) in [6, 6.07) is 5.06. The number of rotatable bonds is 4. The second kappa shape index (κ2) is 4.90. The predicted octanol–water partition coefficient (Wildman–Crippen LogP) is 2.38. The molecule has 1 aromatic carbocycles. The van der Waals surface area contributed by atoms with Crippen molar-refractivity contribution in [1.82, 2.24) is 14.5 Å². The number of carbonyl (C=O) groups is 1. The average Bonchev–Trinajstić information content (AvgIpc) is 2.64. The fourth-order valence-corrected chi connectivity index (χ4v) is 2.10. The third kappa shape index (κ3) is 2.54. The van der Waals surface area contributed by atoms with Crippen LogP contribution in [-0.2, 0) is 6.54 Å². The van der Waals surface area contributed by atoms with E-state index in [9.17, 15) is 4.79 Å². The molecule has 0 aliphatic heterocycles. The van der Waals surface area contributed by atoms with E-state index in [1.165, 1.54) is 0 Å². The second-order valence-electron chi connectivity index (χ2n) is 5.96. The minimum Gasteiger partial charge on any atom is -0.478 e. The molecule has 0 spiro atoms. The summed E-state index contributed by atoms with van der Waals surface area (Å²) in [5.74, 6) is -0.0124. The van der Waals surface area contributed by atoms with Crippen molar-refractivity contribution in [2.45, 2.75) is 32.9 Å². The number of aryl methyl sites for hydroxylation is 1. The van der Waals surface area contributed by atoms with Crippen molar-refractivity contribution in [3.05, 3.63) is 29.6 Å². The molecule has 0 aliphatic rings. The van der Waals surface area contributed by atoms with E-state index in [-0.39, 0.29) is 5.54 Å². The van der Waals surface area contributed by atoms with Crippen LogP contribution in [0.15, 0.2) is 18.2 Å². The number of hydrogen-bond acceptors (Lipinski definition) is 3. The Morgan fingerprint density at radius 3 is 2.60 bits per heavy atom. The van der Waals surface area contributed by atoms with Gasteiger partial charge in [-0.15, -0.1) is 0 Å². The maximum Gasteiger partial charge on any atom is 0.335 e. The molecule has 1 aromatic heterocycles. The number of aromatic carboxylic acids is 1. The van der Waals surface area contributed by atoms with Crippen LogP contribution in [0.5, 0.6) is 0 Å². The molecule has 5 nitrogen and oxygen atoms in total. The third-order valence-corrected chi connectivity index (χ3v) is 3.94. The van der Waals surface area contributed by atoms with E-state index in [2.05, 4.69) is 28.3 Å². The first kappa shape index (κ1) is 14.5. The maximum atomic E-state index is 11.1. The molecule has 0 amide bonds. The van der Waals surface area contributed by atoms with E-state index in [1.807, 2.05) is 21.0 Å². The van der Waals surface area contributed by atoms with Gasteiger partial charge in [-0.1, -0.05) is 0 Å². The Labute approximate surface area is 118 Å². The van der Waals surface area contributed by atoms with Gasteiger partial charge in [0.25, 0.3) is 0 Å². The summed E-state index contributed by atoms with van der Waals surface area (Å²) in [6.45, 7) is 7.01. The smallest absolute Gasteiger partial charge is 0.335 e. The van der Waals surface area contributed by atoms with Crippen LogP contribution in [-0.4, -0.2) is 45.2 Å². The molecule has 108 valence electrons. The van der Waals surface area contributed by atoms with Gasteiger partial charge in [-0.2, -0.15) is 0 Å². The first-order valence-corrected chi connectivity index (χ1v) is 6.60. The lowest BCUT2D eigenvalue weighted by Crippen LogP contribution is -2.42. The van der Waals surface area contributed by atoms with Gasteiger partial charge in [-0.05, 0) is 53.1 Å². The molecular formula is C15H21N3O2. The minimum atomic E-state index is -0.913. The number of likely N-dealkylation sites (N-methyl/N-ethyl adjacent to an activating group) is 1. The number of fused-ring (bicyclic) bond motifs is 1. The van der Waals surface area contributed by atoms with Gasteiger partial charge >= 0.3 is 5.97 Å². The molecule has 0 unspecified atom stereocenters. The quantitative estimate of drug-likeness (QED) is 0.930. The molecule has 0 radical (unpaired) electrons. The van der Waals surface area contributed by atoms with Gasteiger partial charge in [-0.3, -0.25) is 0 Å². The van der Waals surface area contributed by atoms with Crippen molar-refractivity contribution in [3.8, 4) is 0 Å². The van der Waals surface area contributed by atoms with Gasteiger partial charge in [0.1, 0.15) is 5.82 Å². The van der Waals surface area contributed by atoms with Crippen molar-refractivity contribution < 1.29 is 9.90 Å². The largest absolute Gasteiger partial charge is 0.478 e. The van der Waals surface area contributed by atoms with E-state index in [0.717, 1.165) is 23.4 Å². The van der Waals surface area contributed by atoms with Crippen molar-refractivity contribution in [2.75, 3.05) is 14.1 Å². The molecule has 0 bridgehead atoms. The summed E-state index contributed by atoms with van der Waals surface area (Å²) < 4.78 is 2.09. The monoisotopic (exact) mass is 275 g/mol. The van der Waals surface area contributed by atoms with Gasteiger partial charge in [0.15, 0.2) is 0 Å². The topological polar surface area (TPSA) is 58.4 Å². The van der Waals surface area contributed by atoms with Gasteiger partial charge < -0.3 is 14.6 Å². The predicted molar refractivity (Wildman–Crippen MR) is 79.2 cm³/mol. The highest BCUT2D eigenvalue weighted by Crippen LogP contribution is 2.22. The van der Waals surface area contributed by atoms with Crippen LogP contribution in [0.3, 0.4) is 0 Å². The zero-order chi connectivity index (χ0) is 15.1. The van der Waals surface area contributed by atoms with Crippen LogP contribution >= 0.6 is 0 Å². The molecule has 0 saturated heterocycles. The standard InChI is InChI=1S/C15H21N3O2/c1-10-16-12-7-6-11(14(19)20)8-13(12)18(10)9-15(2,3)17(4)5/h6-8H,9H2,1-5H3,(H,19,20). The Kier molecular flexibility index (Phi) is 3.56. The van der Waals surface area contributed by atoms with Crippen molar-refractivity contribution in [1.29, 1.82) is 0 Å². The Balaban J connectivity index is 2.54. The van der Waals surface area contributed by atoms with Crippen LogP contribution in [0.1, 0.15) is 30.0 Å². The minimum absolute atomic E-state index is 0.0440. The first-order valence-electron chi connectivity index (χ1n) is 6.60. The molecule has 5 heteroatoms. The Morgan fingerprint density at radius 2 is 2.05 bits per heavy atom. The Bertz CT molecular complexity index is 656. The van der Waals surface area contributed by atoms with Crippen LogP contribution in [0.25, 0.3) is 11.0 Å². The molecule has 0 saturated carbocycles. The number of carboxylic acids is 1. The third-order valence-electron chi connectivity index (χ3n) is 3.94. The molecule has 0 fully saturated rings. The fourth-order valence-electron chi connectivity index (χ4n) is 2.10.